The first-order chi connectivity index (χ1) is 59.5. The molecule has 19 aromatic carbocycles. The molecular formula is C112H64N8. The maximum absolute atomic E-state index is 5.94. The summed E-state index contributed by atoms with van der Waals surface area (Å²) in [5.41, 5.74) is 33.6. The van der Waals surface area contributed by atoms with E-state index in [1.807, 2.05) is 0 Å². The van der Waals surface area contributed by atoms with Crippen molar-refractivity contribution >= 4 is 141 Å². The molecule has 0 unspecified atom stereocenters. The van der Waals surface area contributed by atoms with Crippen molar-refractivity contribution in [3.8, 4) is 124 Å². The first-order valence-electron chi connectivity index (χ1n) is 41.2. The predicted molar refractivity (Wildman–Crippen MR) is 499 cm³/mol. The monoisotopic (exact) mass is 1520 g/mol. The molecule has 2 aliphatic heterocycles. The molecule has 0 bridgehead atoms. The van der Waals surface area contributed by atoms with Gasteiger partial charge in [0.1, 0.15) is 5.69 Å². The van der Waals surface area contributed by atoms with E-state index in [1.165, 1.54) is 72.0 Å². The Balaban J connectivity index is 0.660. The third-order valence-electron chi connectivity index (χ3n) is 26.0. The zero-order valence-corrected chi connectivity index (χ0v) is 64.5. The van der Waals surface area contributed by atoms with E-state index in [2.05, 4.69) is 407 Å². The lowest BCUT2D eigenvalue weighted by molar-refractivity contribution is 1.02. The van der Waals surface area contributed by atoms with Crippen LogP contribution < -0.4 is 0 Å². The highest BCUT2D eigenvalue weighted by atomic mass is 15.2. The fourth-order valence-corrected chi connectivity index (χ4v) is 20.7. The second-order valence-corrected chi connectivity index (χ2v) is 32.3. The van der Waals surface area contributed by atoms with E-state index in [1.54, 1.807) is 0 Å². The molecule has 0 amide bonds. The number of nitrogens with zero attached hydrogens (tertiary/aromatic N) is 8. The van der Waals surface area contributed by atoms with Crippen LogP contribution in [0.4, 0.5) is 0 Å². The van der Waals surface area contributed by atoms with Crippen LogP contribution >= 0.6 is 0 Å². The predicted octanol–water partition coefficient (Wildman–Crippen LogP) is 29.1. The second kappa shape index (κ2) is 24.7. The summed E-state index contributed by atoms with van der Waals surface area (Å²) in [6, 6.07) is 143. The fraction of sp³-hybridized carbons (Fsp3) is 0. The van der Waals surface area contributed by atoms with Gasteiger partial charge in [-0.2, -0.15) is 0 Å². The first kappa shape index (κ1) is 65.1. The van der Waals surface area contributed by atoms with Gasteiger partial charge in [-0.15, -0.1) is 0 Å². The molecule has 120 heavy (non-hydrogen) atoms. The number of aromatic nitrogens is 8. The number of para-hydroxylation sites is 5. The van der Waals surface area contributed by atoms with Crippen LogP contribution in [0.5, 0.6) is 0 Å². The third kappa shape index (κ3) is 9.24. The van der Waals surface area contributed by atoms with E-state index in [-0.39, 0.29) is 0 Å². The molecule has 0 saturated heterocycles. The lowest BCUT2D eigenvalue weighted by atomic mass is 9.90. The molecule has 0 saturated carbocycles. The summed E-state index contributed by atoms with van der Waals surface area (Å²) in [7, 11) is 0. The lowest BCUT2D eigenvalue weighted by Gasteiger charge is -2.16. The van der Waals surface area contributed by atoms with Gasteiger partial charge in [0.25, 0.3) is 0 Å². The zero-order valence-electron chi connectivity index (χ0n) is 64.5. The molecule has 0 atom stereocenters. The molecule has 0 radical (unpaired) electrons. The van der Waals surface area contributed by atoms with Gasteiger partial charge in [-0.25, -0.2) is 19.9 Å². The summed E-state index contributed by atoms with van der Waals surface area (Å²) in [6.45, 7) is 0. The molecule has 2 aliphatic rings. The minimum atomic E-state index is 0.604. The molecule has 0 aliphatic carbocycles. The standard InChI is InChI=1S/C112H64N8/c1-2-24-65(25-3-1)71-56-72(58-74(57-71)105-89-54-52-69-27-5-8-31-76(69)106(89)116-112(115-105)120-100-47-21-17-40-85(100)91-62-101-92(63-104(91)120)88-43-23-42-87-80-35-12-10-33-78(80)82-37-14-18-44-97(82)117(101)109(87)88)66-48-50-67(51-49-66)73-59-94-81-36-13-11-34-79(81)83-38-15-19-45-98(83)118-102-61-90-84-39-16-20-46-99(84)119(103(90)64-93(102)95(60-73)110(94)118)111-108(86-41-22-29-68-26-4-7-30-75(68)86)113-96-55-53-70-28-6-9-32-77(70)107(96)114-111/h1-64H. The summed E-state index contributed by atoms with van der Waals surface area (Å²) in [4.78, 5) is 23.3. The Morgan fingerprint density at radius 3 is 1.25 bits per heavy atom. The molecule has 0 N–H and O–H groups in total. The van der Waals surface area contributed by atoms with Gasteiger partial charge in [0.05, 0.1) is 77.8 Å². The van der Waals surface area contributed by atoms with Crippen molar-refractivity contribution in [2.24, 2.45) is 0 Å². The molecule has 6 aromatic heterocycles. The SMILES string of the molecule is c1ccc(-c2cc(-c3ccc(-c4cc5c6c(c4)c4cc7c(cc4n6-c4ccccc4-c4ccccc4-5)c4ccccc4n7-c4nc5c(ccc6ccccc65)nc4-c4cccc5ccccc45)cc3)cc(-c3nc(-n4c5ccccc5c5cc6c(cc54)c4cccc5c4n6-c4ccccc4-c4ccccc4-5)nc4c3ccc3ccccc34)c2)cc1. The van der Waals surface area contributed by atoms with Crippen molar-refractivity contribution in [3.63, 3.8) is 0 Å². The average molecular weight is 1520 g/mol. The fourth-order valence-electron chi connectivity index (χ4n) is 20.7. The maximum atomic E-state index is 5.94. The Bertz CT molecular complexity index is 8850. The topological polar surface area (TPSA) is 71.3 Å². The largest absolute Gasteiger partial charge is 0.308 e. The molecular weight excluding hydrogens is 1460 g/mol. The highest BCUT2D eigenvalue weighted by Crippen LogP contribution is 2.53. The summed E-state index contributed by atoms with van der Waals surface area (Å²) < 4.78 is 9.80. The minimum absolute atomic E-state index is 0.604. The zero-order chi connectivity index (χ0) is 78.1. The maximum Gasteiger partial charge on any atom is 0.235 e. The number of fused-ring (bicyclic) bond motifs is 29. The van der Waals surface area contributed by atoms with Gasteiger partial charge in [-0.05, 0) is 168 Å². The Morgan fingerprint density at radius 2 is 0.600 bits per heavy atom. The van der Waals surface area contributed by atoms with E-state index in [0.717, 1.165) is 187 Å². The highest BCUT2D eigenvalue weighted by Gasteiger charge is 2.31. The van der Waals surface area contributed by atoms with Crippen LogP contribution in [0.2, 0.25) is 0 Å². The highest BCUT2D eigenvalue weighted by molar-refractivity contribution is 6.25. The van der Waals surface area contributed by atoms with Gasteiger partial charge in [0, 0.05) is 92.6 Å². The third-order valence-corrected chi connectivity index (χ3v) is 26.0. The first-order valence-corrected chi connectivity index (χ1v) is 41.2. The number of hydrogen-bond acceptors (Lipinski definition) is 4. The minimum Gasteiger partial charge on any atom is -0.308 e. The summed E-state index contributed by atoms with van der Waals surface area (Å²) in [5, 5.41) is 16.8. The van der Waals surface area contributed by atoms with E-state index in [4.69, 9.17) is 19.9 Å². The number of rotatable bonds is 7. The van der Waals surface area contributed by atoms with E-state index >= 15 is 0 Å². The van der Waals surface area contributed by atoms with Gasteiger partial charge < -0.3 is 9.13 Å². The Morgan fingerprint density at radius 1 is 0.175 bits per heavy atom. The quantitative estimate of drug-likeness (QED) is 0.149. The normalized spacial score (nSPS) is 12.3. The molecule has 0 spiro atoms. The molecule has 27 rings (SSSR count). The van der Waals surface area contributed by atoms with Gasteiger partial charge in [-0.1, -0.05) is 297 Å². The summed E-state index contributed by atoms with van der Waals surface area (Å²) in [6.07, 6.45) is 0. The van der Waals surface area contributed by atoms with Gasteiger partial charge in [0.15, 0.2) is 5.82 Å². The van der Waals surface area contributed by atoms with Gasteiger partial charge in [0.2, 0.25) is 5.95 Å². The molecule has 8 heterocycles. The van der Waals surface area contributed by atoms with Gasteiger partial charge in [-0.3, -0.25) is 9.13 Å². The van der Waals surface area contributed by atoms with Crippen molar-refractivity contribution in [3.05, 3.63) is 388 Å². The number of hydrogen-bond donors (Lipinski definition) is 0. The van der Waals surface area contributed by atoms with E-state index in [9.17, 15) is 0 Å². The molecule has 8 heteroatoms. The molecule has 0 fully saturated rings. The van der Waals surface area contributed by atoms with Crippen molar-refractivity contribution in [2.45, 2.75) is 0 Å². The van der Waals surface area contributed by atoms with Crippen LogP contribution in [0.3, 0.4) is 0 Å². The molecule has 552 valence electrons. The van der Waals surface area contributed by atoms with Crippen molar-refractivity contribution in [1.82, 2.24) is 38.2 Å². The van der Waals surface area contributed by atoms with Crippen LogP contribution in [0.15, 0.2) is 388 Å². The van der Waals surface area contributed by atoms with Crippen LogP contribution in [0.25, 0.3) is 265 Å². The Kier molecular flexibility index (Phi) is 13.4. The lowest BCUT2D eigenvalue weighted by Crippen LogP contribution is -2.04. The average Bonchev–Trinajstić information content (AvgIpc) is 1.54. The van der Waals surface area contributed by atoms with Crippen LogP contribution in [0.1, 0.15) is 0 Å². The second-order valence-electron chi connectivity index (χ2n) is 32.3. The summed E-state index contributed by atoms with van der Waals surface area (Å²) >= 11 is 0. The van der Waals surface area contributed by atoms with Crippen molar-refractivity contribution < 1.29 is 0 Å². The van der Waals surface area contributed by atoms with Crippen LogP contribution in [0, 0.1) is 0 Å². The van der Waals surface area contributed by atoms with E-state index < -0.39 is 0 Å². The van der Waals surface area contributed by atoms with Crippen LogP contribution in [-0.4, -0.2) is 38.2 Å². The molecule has 25 aromatic rings. The summed E-state index contributed by atoms with van der Waals surface area (Å²) in [5.74, 6) is 1.38. The van der Waals surface area contributed by atoms with Crippen LogP contribution in [-0.2, 0) is 0 Å². The van der Waals surface area contributed by atoms with Crippen molar-refractivity contribution in [1.29, 1.82) is 0 Å². The number of benzene rings is 19. The van der Waals surface area contributed by atoms with Gasteiger partial charge >= 0.3 is 0 Å². The van der Waals surface area contributed by atoms with Crippen molar-refractivity contribution in [2.75, 3.05) is 0 Å². The molecule has 8 nitrogen and oxygen atoms in total. The Hall–Kier alpha value is -16.2. The smallest absolute Gasteiger partial charge is 0.235 e. The van der Waals surface area contributed by atoms with E-state index in [0.29, 0.717) is 5.95 Å². The Labute approximate surface area is 686 Å².